The van der Waals surface area contributed by atoms with Crippen LogP contribution in [0.15, 0.2) is 66.1 Å². The average Bonchev–Trinajstić information content (AvgIpc) is 3.22. The van der Waals surface area contributed by atoms with E-state index in [2.05, 4.69) is 26.3 Å². The van der Waals surface area contributed by atoms with Gasteiger partial charge in [0.15, 0.2) is 0 Å². The first kappa shape index (κ1) is 19.5. The fourth-order valence-corrected chi connectivity index (χ4v) is 3.78. The minimum Gasteiger partial charge on any atom is -0.497 e. The lowest BCUT2D eigenvalue weighted by atomic mass is 10.1. The summed E-state index contributed by atoms with van der Waals surface area (Å²) in [7, 11) is 1.63. The molecule has 148 valence electrons. The van der Waals surface area contributed by atoms with Crippen LogP contribution in [0.5, 0.6) is 5.75 Å². The molecule has 2 heterocycles. The first-order valence-electron chi connectivity index (χ1n) is 9.07. The van der Waals surface area contributed by atoms with Gasteiger partial charge >= 0.3 is 0 Å². The number of hydrogen-bond donors (Lipinski definition) is 2. The molecule has 0 radical (unpaired) electrons. The van der Waals surface area contributed by atoms with Crippen LogP contribution >= 0.6 is 11.8 Å². The zero-order valence-corrected chi connectivity index (χ0v) is 16.9. The Morgan fingerprint density at radius 2 is 2.07 bits per heavy atom. The number of hydrogen-bond acceptors (Lipinski definition) is 6. The van der Waals surface area contributed by atoms with Crippen molar-refractivity contribution in [3.05, 3.63) is 66.6 Å². The summed E-state index contributed by atoms with van der Waals surface area (Å²) >= 11 is 1.32. The van der Waals surface area contributed by atoms with E-state index >= 15 is 0 Å². The molecule has 1 amide bonds. The summed E-state index contributed by atoms with van der Waals surface area (Å²) in [5.74, 6) is 0.791. The van der Waals surface area contributed by atoms with Gasteiger partial charge in [-0.3, -0.25) is 4.79 Å². The van der Waals surface area contributed by atoms with Crippen molar-refractivity contribution in [2.24, 2.45) is 0 Å². The van der Waals surface area contributed by atoms with Crippen LogP contribution < -0.4 is 10.1 Å². The summed E-state index contributed by atoms with van der Waals surface area (Å²) in [5, 5.41) is 12.5. The maximum Gasteiger partial charge on any atom is 0.234 e. The molecule has 0 atom stereocenters. The largest absolute Gasteiger partial charge is 0.497 e. The number of H-pyrrole nitrogens is 1. The molecule has 2 aromatic heterocycles. The van der Waals surface area contributed by atoms with Gasteiger partial charge in [0.25, 0.3) is 0 Å². The lowest BCUT2D eigenvalue weighted by molar-refractivity contribution is -0.113. The van der Waals surface area contributed by atoms with Crippen LogP contribution in [-0.2, 0) is 4.79 Å². The van der Waals surface area contributed by atoms with Crippen LogP contribution in [0.4, 0.5) is 5.69 Å². The standard InChI is InChI=1S/C22H17N5O2S/c1-29-17-7-5-15(6-8-17)18-11-24-21-20(18)25-13-26-22(21)30-12-19(28)27-16-4-2-3-14(9-16)10-23/h2-9,11,13,24H,12H2,1H3,(H,27,28). The average molecular weight is 415 g/mol. The van der Waals surface area contributed by atoms with Gasteiger partial charge in [0.2, 0.25) is 5.91 Å². The van der Waals surface area contributed by atoms with E-state index in [1.807, 2.05) is 30.5 Å². The van der Waals surface area contributed by atoms with E-state index in [0.29, 0.717) is 16.3 Å². The molecule has 2 aromatic carbocycles. The minimum absolute atomic E-state index is 0.177. The molecular weight excluding hydrogens is 398 g/mol. The van der Waals surface area contributed by atoms with Crippen molar-refractivity contribution in [1.29, 1.82) is 5.26 Å². The molecule has 0 aliphatic rings. The monoisotopic (exact) mass is 415 g/mol. The Kier molecular flexibility index (Phi) is 5.63. The highest BCUT2D eigenvalue weighted by molar-refractivity contribution is 8.00. The third-order valence-electron chi connectivity index (χ3n) is 4.44. The molecule has 7 nitrogen and oxygen atoms in total. The Balaban J connectivity index is 1.50. The maximum atomic E-state index is 12.3. The lowest BCUT2D eigenvalue weighted by Crippen LogP contribution is -2.14. The number of aromatic amines is 1. The van der Waals surface area contributed by atoms with Crippen molar-refractivity contribution < 1.29 is 9.53 Å². The molecule has 0 saturated carbocycles. The van der Waals surface area contributed by atoms with Crippen molar-refractivity contribution >= 4 is 34.4 Å². The number of thioether (sulfide) groups is 1. The first-order valence-corrected chi connectivity index (χ1v) is 10.1. The summed E-state index contributed by atoms with van der Waals surface area (Å²) in [4.78, 5) is 24.3. The van der Waals surface area contributed by atoms with Gasteiger partial charge in [0.05, 0.1) is 30.0 Å². The van der Waals surface area contributed by atoms with E-state index in [4.69, 9.17) is 10.00 Å². The number of aromatic nitrogens is 3. The second-order valence-corrected chi connectivity index (χ2v) is 7.33. The molecule has 0 fully saturated rings. The summed E-state index contributed by atoms with van der Waals surface area (Å²) in [6, 6.07) is 16.6. The van der Waals surface area contributed by atoms with Crippen LogP contribution in [0.3, 0.4) is 0 Å². The second-order valence-electron chi connectivity index (χ2n) is 6.36. The van der Waals surface area contributed by atoms with Crippen LogP contribution in [0.2, 0.25) is 0 Å². The molecule has 30 heavy (non-hydrogen) atoms. The molecule has 4 rings (SSSR count). The summed E-state index contributed by atoms with van der Waals surface area (Å²) < 4.78 is 5.21. The highest BCUT2D eigenvalue weighted by Crippen LogP contribution is 2.32. The van der Waals surface area contributed by atoms with Gasteiger partial charge in [0.1, 0.15) is 22.6 Å². The highest BCUT2D eigenvalue weighted by Gasteiger charge is 2.14. The Morgan fingerprint density at radius 3 is 2.83 bits per heavy atom. The zero-order valence-electron chi connectivity index (χ0n) is 16.0. The molecule has 2 N–H and O–H groups in total. The van der Waals surface area contributed by atoms with E-state index in [0.717, 1.165) is 27.9 Å². The second kappa shape index (κ2) is 8.68. The molecule has 0 spiro atoms. The number of nitrogens with zero attached hydrogens (tertiary/aromatic N) is 3. The number of anilines is 1. The lowest BCUT2D eigenvalue weighted by Gasteiger charge is -2.06. The molecule has 0 saturated heterocycles. The van der Waals surface area contributed by atoms with Crippen molar-refractivity contribution in [2.75, 3.05) is 18.2 Å². The number of carbonyl (C=O) groups is 1. The van der Waals surface area contributed by atoms with Gasteiger partial charge in [-0.05, 0) is 35.9 Å². The van der Waals surface area contributed by atoms with E-state index < -0.39 is 0 Å². The van der Waals surface area contributed by atoms with E-state index in [1.54, 1.807) is 31.4 Å². The van der Waals surface area contributed by atoms with Gasteiger partial charge in [-0.25, -0.2) is 9.97 Å². The molecule has 8 heteroatoms. The Labute approximate surface area is 177 Å². The van der Waals surface area contributed by atoms with Crippen molar-refractivity contribution in [3.8, 4) is 22.9 Å². The third kappa shape index (κ3) is 4.11. The molecule has 0 bridgehead atoms. The summed E-state index contributed by atoms with van der Waals surface area (Å²) in [6.45, 7) is 0. The smallest absolute Gasteiger partial charge is 0.234 e. The molecular formula is C22H17N5O2S. The number of fused-ring (bicyclic) bond motifs is 1. The number of nitrogens with one attached hydrogen (secondary N) is 2. The van der Waals surface area contributed by atoms with E-state index in [9.17, 15) is 4.79 Å². The zero-order chi connectivity index (χ0) is 20.9. The van der Waals surface area contributed by atoms with E-state index in [1.165, 1.54) is 18.1 Å². The Morgan fingerprint density at radius 1 is 1.23 bits per heavy atom. The van der Waals surface area contributed by atoms with Crippen molar-refractivity contribution in [2.45, 2.75) is 5.03 Å². The highest BCUT2D eigenvalue weighted by atomic mass is 32.2. The SMILES string of the molecule is COc1ccc(-c2c[nH]c3c(SCC(=O)Nc4cccc(C#N)c4)ncnc23)cc1. The fraction of sp³-hybridized carbons (Fsp3) is 0.0909. The predicted molar refractivity (Wildman–Crippen MR) is 116 cm³/mol. The molecule has 0 aliphatic heterocycles. The molecule has 4 aromatic rings. The topological polar surface area (TPSA) is 104 Å². The van der Waals surface area contributed by atoms with Gasteiger partial charge in [-0.15, -0.1) is 0 Å². The normalized spacial score (nSPS) is 10.5. The number of nitriles is 1. The van der Waals surface area contributed by atoms with Gasteiger partial charge in [-0.2, -0.15) is 5.26 Å². The number of carbonyl (C=O) groups excluding carboxylic acids is 1. The van der Waals surface area contributed by atoms with Crippen LogP contribution in [-0.4, -0.2) is 33.7 Å². The molecule has 0 aliphatic carbocycles. The maximum absolute atomic E-state index is 12.3. The Hall–Kier alpha value is -3.83. The van der Waals surface area contributed by atoms with Crippen LogP contribution in [0, 0.1) is 11.3 Å². The van der Waals surface area contributed by atoms with Crippen LogP contribution in [0.1, 0.15) is 5.56 Å². The summed E-state index contributed by atoms with van der Waals surface area (Å²) in [5.41, 5.74) is 4.62. The quantitative estimate of drug-likeness (QED) is 0.361. The number of ether oxygens (including phenoxy) is 1. The van der Waals surface area contributed by atoms with Crippen molar-refractivity contribution in [3.63, 3.8) is 0 Å². The number of amides is 1. The van der Waals surface area contributed by atoms with Crippen molar-refractivity contribution in [1.82, 2.24) is 15.0 Å². The van der Waals surface area contributed by atoms with Gasteiger partial charge < -0.3 is 15.0 Å². The van der Waals surface area contributed by atoms with Crippen LogP contribution in [0.25, 0.3) is 22.2 Å². The number of rotatable bonds is 6. The number of benzene rings is 2. The predicted octanol–water partition coefficient (Wildman–Crippen LogP) is 4.24. The fourth-order valence-electron chi connectivity index (χ4n) is 3.01. The summed E-state index contributed by atoms with van der Waals surface area (Å²) in [6.07, 6.45) is 3.39. The van der Waals surface area contributed by atoms with Gasteiger partial charge in [0, 0.05) is 17.4 Å². The Bertz CT molecular complexity index is 1240. The molecule has 0 unspecified atom stereocenters. The first-order chi connectivity index (χ1) is 14.7. The third-order valence-corrected chi connectivity index (χ3v) is 5.43. The number of methoxy groups -OCH3 is 1. The minimum atomic E-state index is -0.177. The van der Waals surface area contributed by atoms with Gasteiger partial charge in [-0.1, -0.05) is 30.0 Å². The van der Waals surface area contributed by atoms with E-state index in [-0.39, 0.29) is 11.7 Å².